The summed E-state index contributed by atoms with van der Waals surface area (Å²) in [7, 11) is 0. The number of anilines is 4. The number of halogens is 3. The number of amides is 5. The minimum Gasteiger partial charge on any atom is -0.444 e. The van der Waals surface area contributed by atoms with Crippen LogP contribution in [-0.2, 0) is 28.7 Å². The fourth-order valence-electron chi connectivity index (χ4n) is 3.39. The maximum atomic E-state index is 12.0. The summed E-state index contributed by atoms with van der Waals surface area (Å²) in [6.07, 6.45) is -6.38. The highest BCUT2D eigenvalue weighted by Gasteiger charge is 2.25. The lowest BCUT2D eigenvalue weighted by Crippen LogP contribution is -2.30. The van der Waals surface area contributed by atoms with Crippen LogP contribution < -0.4 is 33.2 Å². The monoisotopic (exact) mass is 720 g/mol. The number of benzene rings is 2. The highest BCUT2D eigenvalue weighted by atomic mass is 32.1. The number of carbonyl (C=O) groups is 6. The first kappa shape index (κ1) is 39.4. The highest BCUT2D eigenvalue weighted by Crippen LogP contribution is 2.32. The molecule has 5 amide bonds. The SMILES string of the molecule is CC(C)(C)OC(=O)Nc1ccc(-c2cccs2)cc1NC(=O)C(N)=O.NC(=O)C(=O)Nc1cc(-c2cccs2)ccc1N.O=CC(F)(F)F. The lowest BCUT2D eigenvalue weighted by molar-refractivity contribution is -0.156. The van der Waals surface area contributed by atoms with E-state index in [1.165, 1.54) is 11.3 Å². The van der Waals surface area contributed by atoms with Crippen LogP contribution in [0.5, 0.6) is 0 Å². The first-order chi connectivity index (χ1) is 22.8. The van der Waals surface area contributed by atoms with Crippen LogP contribution >= 0.6 is 22.7 Å². The molecule has 0 bridgehead atoms. The van der Waals surface area contributed by atoms with Crippen LogP contribution in [-0.4, -0.2) is 47.8 Å². The lowest BCUT2D eigenvalue weighted by atomic mass is 10.1. The second-order valence-corrected chi connectivity index (χ2v) is 12.3. The Kier molecular flexibility index (Phi) is 14.0. The number of primary amides is 2. The van der Waals surface area contributed by atoms with E-state index in [0.717, 1.165) is 20.9 Å². The molecule has 18 heteroatoms. The van der Waals surface area contributed by atoms with Crippen molar-refractivity contribution in [2.24, 2.45) is 11.5 Å². The Bertz CT molecular complexity index is 1790. The van der Waals surface area contributed by atoms with Crippen molar-refractivity contribution >= 4 is 81.4 Å². The zero-order valence-electron chi connectivity index (χ0n) is 26.0. The number of thiophene rings is 2. The number of alkyl halides is 3. The molecular weight excluding hydrogens is 690 g/mol. The van der Waals surface area contributed by atoms with E-state index in [0.29, 0.717) is 17.1 Å². The van der Waals surface area contributed by atoms with Gasteiger partial charge in [0, 0.05) is 9.75 Å². The number of nitrogens with one attached hydrogen (secondary N) is 3. The number of hydrogen-bond donors (Lipinski definition) is 6. The third kappa shape index (κ3) is 13.9. The fraction of sp³-hybridized carbons (Fsp3) is 0.161. The second-order valence-electron chi connectivity index (χ2n) is 10.4. The number of nitrogen functional groups attached to an aromatic ring is 1. The van der Waals surface area contributed by atoms with Crippen molar-refractivity contribution in [1.82, 2.24) is 0 Å². The molecule has 0 unspecified atom stereocenters. The topological polar surface area (TPSA) is 226 Å². The molecule has 4 aromatic rings. The molecule has 2 aromatic heterocycles. The molecule has 0 atom stereocenters. The van der Waals surface area contributed by atoms with E-state index in [1.807, 2.05) is 41.1 Å². The summed E-state index contributed by atoms with van der Waals surface area (Å²) in [5.74, 6) is -4.03. The van der Waals surface area contributed by atoms with Gasteiger partial charge >= 0.3 is 35.9 Å². The van der Waals surface area contributed by atoms with Crippen molar-refractivity contribution in [2.45, 2.75) is 32.5 Å². The van der Waals surface area contributed by atoms with Gasteiger partial charge in [-0.3, -0.25) is 29.3 Å². The van der Waals surface area contributed by atoms with Crippen LogP contribution in [0, 0.1) is 0 Å². The minimum atomic E-state index is -4.64. The maximum Gasteiger partial charge on any atom is 0.446 e. The minimum absolute atomic E-state index is 0.251. The van der Waals surface area contributed by atoms with Crippen molar-refractivity contribution in [3.05, 3.63) is 71.4 Å². The van der Waals surface area contributed by atoms with Gasteiger partial charge in [0.15, 0.2) is 0 Å². The summed E-state index contributed by atoms with van der Waals surface area (Å²) in [4.78, 5) is 67.3. The third-order valence-electron chi connectivity index (χ3n) is 5.40. The normalized spacial score (nSPS) is 10.6. The number of nitrogens with two attached hydrogens (primary N) is 3. The molecule has 2 heterocycles. The van der Waals surface area contributed by atoms with Crippen molar-refractivity contribution in [3.8, 4) is 20.9 Å². The Morgan fingerprint density at radius 2 is 1.16 bits per heavy atom. The van der Waals surface area contributed by atoms with Gasteiger partial charge in [0.05, 0.1) is 22.7 Å². The Labute approximate surface area is 285 Å². The van der Waals surface area contributed by atoms with Crippen LogP contribution in [0.4, 0.5) is 40.7 Å². The number of carbonyl (C=O) groups excluding carboxylic acids is 6. The van der Waals surface area contributed by atoms with Crippen LogP contribution in [0.3, 0.4) is 0 Å². The highest BCUT2D eigenvalue weighted by molar-refractivity contribution is 7.13. The Hall–Kier alpha value is -5.75. The first-order valence-corrected chi connectivity index (χ1v) is 15.4. The van der Waals surface area contributed by atoms with E-state index in [2.05, 4.69) is 16.0 Å². The second kappa shape index (κ2) is 17.4. The molecule has 0 aliphatic rings. The largest absolute Gasteiger partial charge is 0.446 e. The molecule has 49 heavy (non-hydrogen) atoms. The molecule has 0 aliphatic carbocycles. The number of ether oxygens (including phenoxy) is 1. The van der Waals surface area contributed by atoms with Gasteiger partial charge in [0.2, 0.25) is 6.29 Å². The Morgan fingerprint density at radius 1 is 0.714 bits per heavy atom. The van der Waals surface area contributed by atoms with Gasteiger partial charge in [0.25, 0.3) is 0 Å². The van der Waals surface area contributed by atoms with Crippen molar-refractivity contribution in [2.75, 3.05) is 21.7 Å². The molecule has 2 aromatic carbocycles. The fourth-order valence-corrected chi connectivity index (χ4v) is 4.84. The van der Waals surface area contributed by atoms with E-state index < -0.39 is 47.8 Å². The van der Waals surface area contributed by atoms with Gasteiger partial charge in [-0.1, -0.05) is 24.3 Å². The summed E-state index contributed by atoms with van der Waals surface area (Å²) in [5, 5.41) is 11.2. The molecule has 13 nitrogen and oxygen atoms in total. The van der Waals surface area contributed by atoms with Crippen LogP contribution in [0.25, 0.3) is 20.9 Å². The summed E-state index contributed by atoms with van der Waals surface area (Å²) in [6.45, 7) is 5.22. The van der Waals surface area contributed by atoms with E-state index >= 15 is 0 Å². The predicted octanol–water partition coefficient (Wildman–Crippen LogP) is 5.35. The number of rotatable bonds is 5. The smallest absolute Gasteiger partial charge is 0.444 e. The Balaban J connectivity index is 0.000000302. The summed E-state index contributed by atoms with van der Waals surface area (Å²) in [6, 6.07) is 18.0. The van der Waals surface area contributed by atoms with Crippen molar-refractivity contribution in [1.29, 1.82) is 0 Å². The molecular formula is C31H31F3N6O7S2. The van der Waals surface area contributed by atoms with Crippen molar-refractivity contribution in [3.63, 3.8) is 0 Å². The average Bonchev–Trinajstić information content (AvgIpc) is 3.74. The molecule has 4 rings (SSSR count). The zero-order valence-corrected chi connectivity index (χ0v) is 27.7. The lowest BCUT2D eigenvalue weighted by Gasteiger charge is -2.20. The van der Waals surface area contributed by atoms with Gasteiger partial charge in [-0.2, -0.15) is 13.2 Å². The van der Waals surface area contributed by atoms with Gasteiger partial charge in [-0.25, -0.2) is 4.79 Å². The number of hydrogen-bond acceptors (Lipinski definition) is 10. The zero-order chi connectivity index (χ0) is 36.9. The first-order valence-electron chi connectivity index (χ1n) is 13.7. The molecule has 260 valence electrons. The van der Waals surface area contributed by atoms with Gasteiger partial charge in [0.1, 0.15) is 5.60 Å². The van der Waals surface area contributed by atoms with Gasteiger partial charge < -0.3 is 32.6 Å². The standard InChI is InChI=1S/C17H19N3O4S.C12H11N3O2S.C2HF3O/c1-17(2,3)24-16(23)20-11-7-6-10(13-5-4-8-25-13)9-12(11)19-15(22)14(18)21;13-8-4-3-7(10-2-1-5-18-10)6-9(8)15-12(17)11(14)16;3-2(4,5)1-6/h4-9H,1-3H3,(H2,18,21)(H,19,22)(H,20,23);1-6H,13H2,(H2,14,16)(H,15,17);1H. The maximum absolute atomic E-state index is 12.0. The van der Waals surface area contributed by atoms with Crippen LogP contribution in [0.15, 0.2) is 71.4 Å². The summed E-state index contributed by atoms with van der Waals surface area (Å²) >= 11 is 3.09. The van der Waals surface area contributed by atoms with Crippen LogP contribution in [0.2, 0.25) is 0 Å². The molecule has 0 spiro atoms. The summed E-state index contributed by atoms with van der Waals surface area (Å²) < 4.78 is 36.4. The quantitative estimate of drug-likeness (QED) is 0.0892. The van der Waals surface area contributed by atoms with E-state index in [9.17, 15) is 37.1 Å². The molecule has 0 saturated heterocycles. The van der Waals surface area contributed by atoms with Gasteiger partial charge in [-0.05, 0) is 79.1 Å². The molecule has 0 saturated carbocycles. The average molecular weight is 721 g/mol. The molecule has 0 radical (unpaired) electrons. The van der Waals surface area contributed by atoms with Crippen LogP contribution in [0.1, 0.15) is 20.8 Å². The Morgan fingerprint density at radius 3 is 1.57 bits per heavy atom. The molecule has 0 aliphatic heterocycles. The van der Waals surface area contributed by atoms with Crippen molar-refractivity contribution < 1.29 is 46.7 Å². The van der Waals surface area contributed by atoms with Gasteiger partial charge in [-0.15, -0.1) is 22.7 Å². The predicted molar refractivity (Wildman–Crippen MR) is 182 cm³/mol. The van der Waals surface area contributed by atoms with E-state index in [1.54, 1.807) is 62.4 Å². The molecule has 9 N–H and O–H groups in total. The third-order valence-corrected chi connectivity index (χ3v) is 7.24. The number of aldehydes is 1. The van der Waals surface area contributed by atoms with E-state index in [-0.39, 0.29) is 5.69 Å². The molecule has 0 fully saturated rings. The summed E-state index contributed by atoms with van der Waals surface area (Å²) in [5.41, 5.74) is 18.0. The van der Waals surface area contributed by atoms with E-state index in [4.69, 9.17) is 26.7 Å².